The lowest BCUT2D eigenvalue weighted by molar-refractivity contribution is 0.267. The molecule has 0 aliphatic carbocycles. The standard InChI is InChI=1S/C8H9BrINO/c9-5-1-2-7(10)6(3-5)8(11)4-12/h1-3,8,12H,4,11H2/t8-/m0/s1. The third-order valence-corrected chi connectivity index (χ3v) is 3.03. The highest BCUT2D eigenvalue weighted by Gasteiger charge is 2.08. The number of nitrogens with two attached hydrogens (primary N) is 1. The van der Waals surface area contributed by atoms with E-state index in [1.165, 1.54) is 0 Å². The fraction of sp³-hybridized carbons (Fsp3) is 0.250. The van der Waals surface area contributed by atoms with Gasteiger partial charge in [0.1, 0.15) is 0 Å². The molecule has 0 aliphatic heterocycles. The van der Waals surface area contributed by atoms with Crippen LogP contribution < -0.4 is 5.73 Å². The van der Waals surface area contributed by atoms with Gasteiger partial charge in [0, 0.05) is 8.04 Å². The Morgan fingerprint density at radius 1 is 1.58 bits per heavy atom. The summed E-state index contributed by atoms with van der Waals surface area (Å²) in [4.78, 5) is 0. The summed E-state index contributed by atoms with van der Waals surface area (Å²) >= 11 is 5.56. The summed E-state index contributed by atoms with van der Waals surface area (Å²) in [5.41, 5.74) is 6.67. The lowest BCUT2D eigenvalue weighted by Crippen LogP contribution is -2.15. The number of hydrogen-bond donors (Lipinski definition) is 2. The van der Waals surface area contributed by atoms with Crippen molar-refractivity contribution in [2.45, 2.75) is 6.04 Å². The van der Waals surface area contributed by atoms with Gasteiger partial charge in [-0.2, -0.15) is 0 Å². The Morgan fingerprint density at radius 3 is 2.83 bits per heavy atom. The van der Waals surface area contributed by atoms with Gasteiger partial charge in [0.05, 0.1) is 12.6 Å². The largest absolute Gasteiger partial charge is 0.394 e. The van der Waals surface area contributed by atoms with E-state index in [1.807, 2.05) is 18.2 Å². The van der Waals surface area contributed by atoms with Crippen LogP contribution in [0, 0.1) is 3.57 Å². The lowest BCUT2D eigenvalue weighted by atomic mass is 10.1. The minimum Gasteiger partial charge on any atom is -0.394 e. The first-order chi connectivity index (χ1) is 5.65. The molecule has 4 heteroatoms. The van der Waals surface area contributed by atoms with Crippen LogP contribution in [0.2, 0.25) is 0 Å². The number of aliphatic hydroxyl groups excluding tert-OH is 1. The van der Waals surface area contributed by atoms with E-state index in [2.05, 4.69) is 38.5 Å². The van der Waals surface area contributed by atoms with Gasteiger partial charge in [0.15, 0.2) is 0 Å². The molecule has 12 heavy (non-hydrogen) atoms. The number of aliphatic hydroxyl groups is 1. The van der Waals surface area contributed by atoms with Gasteiger partial charge in [-0.25, -0.2) is 0 Å². The van der Waals surface area contributed by atoms with E-state index in [-0.39, 0.29) is 12.6 Å². The van der Waals surface area contributed by atoms with Crippen molar-refractivity contribution in [1.82, 2.24) is 0 Å². The second-order valence-electron chi connectivity index (χ2n) is 2.45. The number of rotatable bonds is 2. The molecule has 0 heterocycles. The van der Waals surface area contributed by atoms with Gasteiger partial charge < -0.3 is 10.8 Å². The summed E-state index contributed by atoms with van der Waals surface area (Å²) in [5.74, 6) is 0. The predicted molar refractivity (Wildman–Crippen MR) is 60.9 cm³/mol. The molecule has 1 aromatic carbocycles. The molecule has 0 radical (unpaired) electrons. The highest BCUT2D eigenvalue weighted by Crippen LogP contribution is 2.22. The molecule has 1 aromatic rings. The van der Waals surface area contributed by atoms with Crippen molar-refractivity contribution in [2.75, 3.05) is 6.61 Å². The van der Waals surface area contributed by atoms with Crippen LogP contribution in [0.5, 0.6) is 0 Å². The molecule has 0 saturated carbocycles. The van der Waals surface area contributed by atoms with Crippen molar-refractivity contribution < 1.29 is 5.11 Å². The summed E-state index contributed by atoms with van der Waals surface area (Å²) in [7, 11) is 0. The molecule has 0 spiro atoms. The molecule has 0 unspecified atom stereocenters. The highest BCUT2D eigenvalue weighted by atomic mass is 127. The third-order valence-electron chi connectivity index (χ3n) is 1.55. The molecule has 3 N–H and O–H groups in total. The van der Waals surface area contributed by atoms with Gasteiger partial charge in [-0.05, 0) is 46.4 Å². The van der Waals surface area contributed by atoms with Gasteiger partial charge in [0.25, 0.3) is 0 Å². The van der Waals surface area contributed by atoms with E-state index in [0.717, 1.165) is 13.6 Å². The second kappa shape index (κ2) is 4.55. The average molecular weight is 342 g/mol. The van der Waals surface area contributed by atoms with Gasteiger partial charge in [-0.15, -0.1) is 0 Å². The quantitative estimate of drug-likeness (QED) is 0.809. The van der Waals surface area contributed by atoms with Crippen molar-refractivity contribution in [1.29, 1.82) is 0 Å². The zero-order valence-electron chi connectivity index (χ0n) is 6.30. The predicted octanol–water partition coefficient (Wildman–Crippen LogP) is 2.05. The molecule has 2 nitrogen and oxygen atoms in total. The maximum absolute atomic E-state index is 8.86. The first-order valence-electron chi connectivity index (χ1n) is 3.46. The third kappa shape index (κ3) is 2.42. The number of halogens is 2. The minimum atomic E-state index is -0.283. The van der Waals surface area contributed by atoms with E-state index in [9.17, 15) is 0 Å². The Hall–Kier alpha value is 0.350. The minimum absolute atomic E-state index is 0.0214. The van der Waals surface area contributed by atoms with Crippen LogP contribution in [-0.2, 0) is 0 Å². The van der Waals surface area contributed by atoms with E-state index in [4.69, 9.17) is 10.8 Å². The van der Waals surface area contributed by atoms with Crippen LogP contribution in [0.3, 0.4) is 0 Å². The van der Waals surface area contributed by atoms with Crippen LogP contribution in [0.25, 0.3) is 0 Å². The topological polar surface area (TPSA) is 46.2 Å². The maximum atomic E-state index is 8.86. The van der Waals surface area contributed by atoms with Gasteiger partial charge in [0.2, 0.25) is 0 Å². The smallest absolute Gasteiger partial charge is 0.0624 e. The first kappa shape index (κ1) is 10.4. The van der Waals surface area contributed by atoms with E-state index >= 15 is 0 Å². The fourth-order valence-electron chi connectivity index (χ4n) is 0.897. The summed E-state index contributed by atoms with van der Waals surface area (Å²) in [6.07, 6.45) is 0. The normalized spacial score (nSPS) is 13.0. The van der Waals surface area contributed by atoms with E-state index in [1.54, 1.807) is 0 Å². The Bertz CT molecular complexity index is 280. The number of hydrogen-bond acceptors (Lipinski definition) is 2. The van der Waals surface area contributed by atoms with Crippen molar-refractivity contribution >= 4 is 38.5 Å². The molecule has 0 saturated heterocycles. The van der Waals surface area contributed by atoms with Crippen molar-refractivity contribution in [3.8, 4) is 0 Å². The maximum Gasteiger partial charge on any atom is 0.0624 e. The SMILES string of the molecule is N[C@@H](CO)c1cc(Br)ccc1I. The molecule has 1 rings (SSSR count). The molecular weight excluding hydrogens is 333 g/mol. The van der Waals surface area contributed by atoms with E-state index < -0.39 is 0 Å². The summed E-state index contributed by atoms with van der Waals surface area (Å²) in [6, 6.07) is 5.57. The Morgan fingerprint density at radius 2 is 2.25 bits per heavy atom. The van der Waals surface area contributed by atoms with Crippen molar-refractivity contribution in [3.63, 3.8) is 0 Å². The summed E-state index contributed by atoms with van der Waals surface area (Å²) in [6.45, 7) is -0.0214. The number of benzene rings is 1. The van der Waals surface area contributed by atoms with Gasteiger partial charge in [-0.1, -0.05) is 15.9 Å². The molecule has 0 aromatic heterocycles. The van der Waals surface area contributed by atoms with Crippen molar-refractivity contribution in [2.24, 2.45) is 5.73 Å². The summed E-state index contributed by atoms with van der Waals surface area (Å²) < 4.78 is 2.07. The lowest BCUT2D eigenvalue weighted by Gasteiger charge is -2.10. The van der Waals surface area contributed by atoms with Crippen LogP contribution in [0.1, 0.15) is 11.6 Å². The fourth-order valence-corrected chi connectivity index (χ4v) is 2.01. The Labute approximate surface area is 93.4 Å². The zero-order chi connectivity index (χ0) is 9.14. The van der Waals surface area contributed by atoms with Crippen LogP contribution in [0.15, 0.2) is 22.7 Å². The molecule has 0 aliphatic rings. The second-order valence-corrected chi connectivity index (χ2v) is 4.53. The zero-order valence-corrected chi connectivity index (χ0v) is 10.0. The molecule has 66 valence electrons. The van der Waals surface area contributed by atoms with Crippen LogP contribution in [-0.4, -0.2) is 11.7 Å². The molecule has 0 amide bonds. The first-order valence-corrected chi connectivity index (χ1v) is 5.33. The highest BCUT2D eigenvalue weighted by molar-refractivity contribution is 14.1. The van der Waals surface area contributed by atoms with Crippen LogP contribution in [0.4, 0.5) is 0 Å². The van der Waals surface area contributed by atoms with Gasteiger partial charge >= 0.3 is 0 Å². The molecule has 1 atom stereocenters. The summed E-state index contributed by atoms with van der Waals surface area (Å²) in [5, 5.41) is 8.86. The van der Waals surface area contributed by atoms with Gasteiger partial charge in [-0.3, -0.25) is 0 Å². The molecular formula is C8H9BrINO. The molecule has 0 bridgehead atoms. The average Bonchev–Trinajstić information content (AvgIpc) is 2.08. The Balaban J connectivity index is 3.04. The van der Waals surface area contributed by atoms with Crippen molar-refractivity contribution in [3.05, 3.63) is 31.8 Å². The monoisotopic (exact) mass is 341 g/mol. The Kier molecular flexibility index (Phi) is 3.95. The van der Waals surface area contributed by atoms with Crippen LogP contribution >= 0.6 is 38.5 Å². The van der Waals surface area contributed by atoms with E-state index in [0.29, 0.717) is 0 Å². The molecule has 0 fully saturated rings.